The van der Waals surface area contributed by atoms with E-state index in [1.54, 1.807) is 18.2 Å². The summed E-state index contributed by atoms with van der Waals surface area (Å²) in [6.45, 7) is 0. The number of hydrogen-bond acceptors (Lipinski definition) is 8. The van der Waals surface area contributed by atoms with Crippen molar-refractivity contribution in [3.05, 3.63) is 48.9 Å². The minimum Gasteiger partial charge on any atom is -0.496 e. The van der Waals surface area contributed by atoms with Crippen LogP contribution < -0.4 is 19.5 Å². The second-order valence-electron chi connectivity index (χ2n) is 5.26. The van der Waals surface area contributed by atoms with Crippen molar-refractivity contribution in [3.63, 3.8) is 0 Å². The molecule has 0 aliphatic heterocycles. The second-order valence-corrected chi connectivity index (χ2v) is 6.84. The quantitative estimate of drug-likeness (QED) is 0.625. The van der Waals surface area contributed by atoms with Crippen LogP contribution in [0.3, 0.4) is 0 Å². The van der Waals surface area contributed by atoms with Gasteiger partial charge in [-0.15, -0.1) is 0 Å². The molecule has 12 heteroatoms. The fraction of sp³-hybridized carbons (Fsp3) is 0.125. The van der Waals surface area contributed by atoms with Gasteiger partial charge < -0.3 is 9.47 Å². The summed E-state index contributed by atoms with van der Waals surface area (Å²) in [6, 6.07) is 6.87. The number of ether oxygens (including phenoxy) is 2. The number of aromatic nitrogens is 4. The standard InChI is InChI=1S/C16H16N6O5S/c1-26-11-9-12(19-14(10-11)27-2)20-15(23)21-28(24,25)16-18-7-8-22(16)13-5-3-4-6-17-13/h3-10H,1-2H3,(H2,19,20,21,23). The minimum absolute atomic E-state index is 0.0389. The molecule has 0 aliphatic rings. The van der Waals surface area contributed by atoms with Gasteiger partial charge in [-0.25, -0.2) is 19.5 Å². The van der Waals surface area contributed by atoms with E-state index in [-0.39, 0.29) is 11.7 Å². The maximum Gasteiger partial charge on any atom is 0.334 e. The van der Waals surface area contributed by atoms with Crippen LogP contribution in [-0.4, -0.2) is 48.2 Å². The number of nitrogens with zero attached hydrogens (tertiary/aromatic N) is 4. The molecule has 0 unspecified atom stereocenters. The van der Waals surface area contributed by atoms with Crippen LogP contribution in [0, 0.1) is 0 Å². The Balaban J connectivity index is 1.81. The van der Waals surface area contributed by atoms with Gasteiger partial charge in [-0.1, -0.05) is 6.07 Å². The van der Waals surface area contributed by atoms with Crippen LogP contribution in [0.1, 0.15) is 0 Å². The Morgan fingerprint density at radius 3 is 2.61 bits per heavy atom. The number of nitrogens with one attached hydrogen (secondary N) is 2. The molecule has 0 fully saturated rings. The third kappa shape index (κ3) is 4.17. The molecular weight excluding hydrogens is 388 g/mol. The van der Waals surface area contributed by atoms with Gasteiger partial charge in [0.25, 0.3) is 15.2 Å². The first-order valence-electron chi connectivity index (χ1n) is 7.81. The zero-order valence-electron chi connectivity index (χ0n) is 14.9. The number of methoxy groups -OCH3 is 2. The van der Waals surface area contributed by atoms with E-state index in [0.29, 0.717) is 11.6 Å². The third-order valence-electron chi connectivity index (χ3n) is 3.43. The molecule has 2 amide bonds. The zero-order valence-corrected chi connectivity index (χ0v) is 15.7. The topological polar surface area (TPSA) is 137 Å². The van der Waals surface area contributed by atoms with Crippen LogP contribution in [0.4, 0.5) is 10.6 Å². The van der Waals surface area contributed by atoms with E-state index >= 15 is 0 Å². The van der Waals surface area contributed by atoms with Gasteiger partial charge in [0.1, 0.15) is 17.4 Å². The van der Waals surface area contributed by atoms with E-state index in [9.17, 15) is 13.2 Å². The Labute approximate surface area is 160 Å². The molecule has 146 valence electrons. The molecule has 0 aliphatic carbocycles. The van der Waals surface area contributed by atoms with Gasteiger partial charge in [0, 0.05) is 30.7 Å². The number of hydrogen-bond donors (Lipinski definition) is 2. The highest BCUT2D eigenvalue weighted by molar-refractivity contribution is 7.89. The number of imidazole rings is 1. The molecule has 0 bridgehead atoms. The molecule has 3 rings (SSSR count). The number of pyridine rings is 2. The van der Waals surface area contributed by atoms with Gasteiger partial charge in [-0.05, 0) is 12.1 Å². The van der Waals surface area contributed by atoms with Gasteiger partial charge >= 0.3 is 6.03 Å². The van der Waals surface area contributed by atoms with Crippen molar-refractivity contribution >= 4 is 21.9 Å². The fourth-order valence-corrected chi connectivity index (χ4v) is 3.24. The van der Waals surface area contributed by atoms with Crippen LogP contribution >= 0.6 is 0 Å². The highest BCUT2D eigenvalue weighted by atomic mass is 32.2. The predicted octanol–water partition coefficient (Wildman–Crippen LogP) is 1.19. The minimum atomic E-state index is -4.29. The average molecular weight is 404 g/mol. The largest absolute Gasteiger partial charge is 0.496 e. The molecule has 0 aromatic carbocycles. The Morgan fingerprint density at radius 2 is 1.93 bits per heavy atom. The fourth-order valence-electron chi connectivity index (χ4n) is 2.24. The maximum atomic E-state index is 12.6. The first-order valence-corrected chi connectivity index (χ1v) is 9.30. The predicted molar refractivity (Wildman–Crippen MR) is 98.0 cm³/mol. The lowest BCUT2D eigenvalue weighted by atomic mass is 10.4. The summed E-state index contributed by atoms with van der Waals surface area (Å²) in [5, 5.41) is 1.92. The summed E-state index contributed by atoms with van der Waals surface area (Å²) < 4.78 is 38.4. The highest BCUT2D eigenvalue weighted by Crippen LogP contribution is 2.21. The number of urea groups is 1. The lowest BCUT2D eigenvalue weighted by Crippen LogP contribution is -2.36. The molecule has 0 radical (unpaired) electrons. The molecule has 0 saturated heterocycles. The average Bonchev–Trinajstić information content (AvgIpc) is 3.18. The van der Waals surface area contributed by atoms with Crippen LogP contribution in [-0.2, 0) is 10.0 Å². The van der Waals surface area contributed by atoms with E-state index in [4.69, 9.17) is 9.47 Å². The Morgan fingerprint density at radius 1 is 1.11 bits per heavy atom. The SMILES string of the molecule is COc1cc(NC(=O)NS(=O)(=O)c2nccn2-c2ccccn2)nc(OC)c1. The third-order valence-corrected chi connectivity index (χ3v) is 4.67. The smallest absolute Gasteiger partial charge is 0.334 e. The monoisotopic (exact) mass is 404 g/mol. The van der Waals surface area contributed by atoms with Crippen molar-refractivity contribution in [3.8, 4) is 17.4 Å². The van der Waals surface area contributed by atoms with E-state index < -0.39 is 21.2 Å². The van der Waals surface area contributed by atoms with Crippen LogP contribution in [0.5, 0.6) is 11.6 Å². The summed E-state index contributed by atoms with van der Waals surface area (Å²) in [5.74, 6) is 0.927. The van der Waals surface area contributed by atoms with Crippen molar-refractivity contribution < 1.29 is 22.7 Å². The molecule has 3 heterocycles. The van der Waals surface area contributed by atoms with Gasteiger partial charge in [-0.2, -0.15) is 13.4 Å². The number of anilines is 1. The molecule has 0 atom stereocenters. The number of carbonyl (C=O) groups excluding carboxylic acids is 1. The normalized spacial score (nSPS) is 10.9. The first kappa shape index (κ1) is 19.1. The van der Waals surface area contributed by atoms with Crippen molar-refractivity contribution in [2.24, 2.45) is 0 Å². The van der Waals surface area contributed by atoms with Gasteiger partial charge in [0.05, 0.1) is 14.2 Å². The number of amides is 2. The van der Waals surface area contributed by atoms with Crippen molar-refractivity contribution in [1.29, 1.82) is 0 Å². The number of carbonyl (C=O) groups is 1. The van der Waals surface area contributed by atoms with E-state index in [1.807, 2.05) is 4.72 Å². The van der Waals surface area contributed by atoms with E-state index in [2.05, 4.69) is 20.3 Å². The van der Waals surface area contributed by atoms with Gasteiger partial charge in [0.2, 0.25) is 5.88 Å². The summed E-state index contributed by atoms with van der Waals surface area (Å²) in [6.07, 6.45) is 4.21. The van der Waals surface area contributed by atoms with Crippen molar-refractivity contribution in [2.75, 3.05) is 19.5 Å². The van der Waals surface area contributed by atoms with Gasteiger partial charge in [0.15, 0.2) is 0 Å². The number of sulfonamides is 1. The molecule has 0 spiro atoms. The summed E-state index contributed by atoms with van der Waals surface area (Å²) in [7, 11) is -1.46. The molecule has 0 saturated carbocycles. The molecular formula is C16H16N6O5S. The lowest BCUT2D eigenvalue weighted by molar-refractivity contribution is 0.256. The molecule has 3 aromatic heterocycles. The Hall–Kier alpha value is -3.67. The lowest BCUT2D eigenvalue weighted by Gasteiger charge is -2.11. The Kier molecular flexibility index (Phi) is 5.40. The Bertz CT molecular complexity index is 1060. The highest BCUT2D eigenvalue weighted by Gasteiger charge is 2.24. The van der Waals surface area contributed by atoms with Crippen LogP contribution in [0.25, 0.3) is 5.82 Å². The first-order chi connectivity index (χ1) is 13.4. The van der Waals surface area contributed by atoms with Gasteiger partial charge in [-0.3, -0.25) is 9.88 Å². The molecule has 2 N–H and O–H groups in total. The summed E-state index contributed by atoms with van der Waals surface area (Å²) in [5.41, 5.74) is 0. The van der Waals surface area contributed by atoms with E-state index in [0.717, 1.165) is 0 Å². The second kappa shape index (κ2) is 7.92. The maximum absolute atomic E-state index is 12.6. The van der Waals surface area contributed by atoms with Crippen LogP contribution in [0.15, 0.2) is 54.1 Å². The molecule has 3 aromatic rings. The molecule has 28 heavy (non-hydrogen) atoms. The summed E-state index contributed by atoms with van der Waals surface area (Å²) >= 11 is 0. The van der Waals surface area contributed by atoms with Crippen molar-refractivity contribution in [2.45, 2.75) is 5.16 Å². The van der Waals surface area contributed by atoms with E-state index in [1.165, 1.54) is 49.5 Å². The number of rotatable bonds is 6. The summed E-state index contributed by atoms with van der Waals surface area (Å²) in [4.78, 5) is 24.1. The zero-order chi connectivity index (χ0) is 20.1. The van der Waals surface area contributed by atoms with Crippen LogP contribution in [0.2, 0.25) is 0 Å². The molecule has 11 nitrogen and oxygen atoms in total. The van der Waals surface area contributed by atoms with Crippen molar-refractivity contribution in [1.82, 2.24) is 24.2 Å².